The molecule has 0 amide bonds. The third-order valence-corrected chi connectivity index (χ3v) is 11.3. The summed E-state index contributed by atoms with van der Waals surface area (Å²) in [4.78, 5) is 0. The predicted molar refractivity (Wildman–Crippen MR) is 132 cm³/mol. The van der Waals surface area contributed by atoms with Gasteiger partial charge in [-0.05, 0) is 0 Å². The summed E-state index contributed by atoms with van der Waals surface area (Å²) < 4.78 is 3.31. The number of rotatable bonds is 4. The maximum Gasteiger partial charge on any atom is -0.147 e. The summed E-state index contributed by atoms with van der Waals surface area (Å²) in [6.45, 7) is 9.51. The predicted octanol–water partition coefficient (Wildman–Crippen LogP) is 7.70. The van der Waals surface area contributed by atoms with Crippen LogP contribution in [0.15, 0.2) is 104 Å². The number of benzene rings is 2. The molecule has 2 aliphatic carbocycles. The van der Waals surface area contributed by atoms with Gasteiger partial charge in [0.05, 0.1) is 0 Å². The van der Waals surface area contributed by atoms with Crippen molar-refractivity contribution in [3.63, 3.8) is 0 Å². The minimum atomic E-state index is -1.02. The Balaban J connectivity index is 0.00000160. The molecular weight excluding hydrogens is 486 g/mol. The van der Waals surface area contributed by atoms with E-state index in [1.165, 1.54) is 16.7 Å². The minimum Gasteiger partial charge on any atom is -0.147 e. The van der Waals surface area contributed by atoms with Gasteiger partial charge in [0.2, 0.25) is 0 Å². The summed E-state index contributed by atoms with van der Waals surface area (Å²) in [5.41, 5.74) is 9.05. The molecule has 0 fully saturated rings. The fourth-order valence-electron chi connectivity index (χ4n) is 4.49. The van der Waals surface area contributed by atoms with Gasteiger partial charge in [0.1, 0.15) is 0 Å². The maximum absolute atomic E-state index is 2.48. The van der Waals surface area contributed by atoms with Crippen molar-refractivity contribution in [2.24, 2.45) is 5.41 Å². The topological polar surface area (TPSA) is 0 Å². The van der Waals surface area contributed by atoms with Gasteiger partial charge in [-0.25, -0.2) is 0 Å². The molecule has 0 heterocycles. The minimum absolute atomic E-state index is 0. The molecule has 0 nitrogen and oxygen atoms in total. The van der Waals surface area contributed by atoms with E-state index < -0.39 is 22.8 Å². The Bertz CT molecular complexity index is 1020. The van der Waals surface area contributed by atoms with E-state index in [4.69, 9.17) is 0 Å². The normalized spacial score (nSPS) is 19.8. The van der Waals surface area contributed by atoms with Crippen LogP contribution in [0.3, 0.4) is 0 Å². The molecule has 2 aromatic rings. The molecule has 4 rings (SSSR count). The van der Waals surface area contributed by atoms with Crippen molar-refractivity contribution < 1.29 is 22.8 Å². The Hall–Kier alpha value is -1.27. The fourth-order valence-corrected chi connectivity index (χ4v) is 9.03. The van der Waals surface area contributed by atoms with Crippen LogP contribution in [0.2, 0.25) is 0 Å². The number of hydrogen-bond donors (Lipinski definition) is 0. The molecule has 0 spiro atoms. The molecule has 0 saturated carbocycles. The molecule has 3 heteroatoms. The van der Waals surface area contributed by atoms with Crippen molar-refractivity contribution in [3.8, 4) is 0 Å². The Kier molecular flexibility index (Phi) is 8.63. The summed E-state index contributed by atoms with van der Waals surface area (Å²) >= 11 is -1.02. The summed E-state index contributed by atoms with van der Waals surface area (Å²) in [7, 11) is 0. The van der Waals surface area contributed by atoms with Crippen molar-refractivity contribution in [2.45, 2.75) is 34.1 Å². The van der Waals surface area contributed by atoms with Crippen molar-refractivity contribution in [3.05, 3.63) is 116 Å². The molecule has 1 unspecified atom stereocenters. The standard InChI is InChI=1S/C14H17.C13H10.2ClH.Zr/c1-10-9-14(4,12(3)11(10)2)13-7-5-6-8-13;1-3-7-12(8-4-1)11-13-9-5-2-6-10-13;;;/h5-7H,8H2,1-4H3;1-10H;2*1H;. The summed E-state index contributed by atoms with van der Waals surface area (Å²) in [6, 6.07) is 22.1. The average Bonchev–Trinajstić information content (AvgIpc) is 3.33. The van der Waals surface area contributed by atoms with Crippen LogP contribution in [0.5, 0.6) is 0 Å². The van der Waals surface area contributed by atoms with Crippen LogP contribution in [0.1, 0.15) is 45.2 Å². The zero-order chi connectivity index (χ0) is 19.7. The monoisotopic (exact) mass is 513 g/mol. The molecular formula is C27H29Cl2Zr. The summed E-state index contributed by atoms with van der Waals surface area (Å²) in [5, 5.41) is 0. The third kappa shape index (κ3) is 4.36. The van der Waals surface area contributed by atoms with Gasteiger partial charge in [-0.3, -0.25) is 0 Å². The van der Waals surface area contributed by atoms with Crippen LogP contribution >= 0.6 is 24.8 Å². The van der Waals surface area contributed by atoms with E-state index in [0.717, 1.165) is 6.42 Å². The van der Waals surface area contributed by atoms with E-state index in [0.29, 0.717) is 0 Å². The van der Waals surface area contributed by atoms with Crippen molar-refractivity contribution in [1.82, 2.24) is 0 Å². The van der Waals surface area contributed by atoms with Crippen LogP contribution in [0.4, 0.5) is 0 Å². The van der Waals surface area contributed by atoms with Crippen molar-refractivity contribution >= 4 is 28.0 Å². The first-order valence-corrected chi connectivity index (χ1v) is 12.5. The fraction of sp³-hybridized carbons (Fsp3) is 0.222. The second-order valence-electron chi connectivity index (χ2n) is 7.93. The van der Waals surface area contributed by atoms with Gasteiger partial charge in [0.15, 0.2) is 0 Å². The molecule has 0 N–H and O–H groups in total. The molecule has 0 saturated heterocycles. The van der Waals surface area contributed by atoms with E-state index in [1.807, 2.05) is 0 Å². The smallest absolute Gasteiger partial charge is 0.147 e. The van der Waals surface area contributed by atoms with Gasteiger partial charge in [-0.15, -0.1) is 24.8 Å². The first-order chi connectivity index (χ1) is 13.5. The van der Waals surface area contributed by atoms with E-state index in [-0.39, 0.29) is 30.2 Å². The Morgan fingerprint density at radius 2 is 1.33 bits per heavy atom. The molecule has 2 aliphatic rings. The van der Waals surface area contributed by atoms with Crippen LogP contribution < -0.4 is 0 Å². The largest absolute Gasteiger partial charge is 0.147 e. The molecule has 2 aromatic carbocycles. The molecule has 155 valence electrons. The molecule has 0 aliphatic heterocycles. The van der Waals surface area contributed by atoms with E-state index in [9.17, 15) is 0 Å². The second-order valence-corrected chi connectivity index (χ2v) is 11.0. The zero-order valence-corrected chi connectivity index (χ0v) is 22.1. The summed E-state index contributed by atoms with van der Waals surface area (Å²) in [5.74, 6) is 0. The van der Waals surface area contributed by atoms with Crippen molar-refractivity contribution in [2.75, 3.05) is 0 Å². The molecule has 30 heavy (non-hydrogen) atoms. The number of halogens is 2. The quantitative estimate of drug-likeness (QED) is 0.391. The van der Waals surface area contributed by atoms with Gasteiger partial charge in [0, 0.05) is 0 Å². The zero-order valence-electron chi connectivity index (χ0n) is 18.0. The third-order valence-electron chi connectivity index (χ3n) is 6.54. The van der Waals surface area contributed by atoms with E-state index in [2.05, 4.69) is 107 Å². The van der Waals surface area contributed by atoms with Crippen LogP contribution in [0.25, 0.3) is 0 Å². The average molecular weight is 516 g/mol. The van der Waals surface area contributed by atoms with E-state index >= 15 is 0 Å². The molecule has 0 bridgehead atoms. The van der Waals surface area contributed by atoms with E-state index in [1.54, 1.807) is 23.2 Å². The Labute approximate surface area is 204 Å². The van der Waals surface area contributed by atoms with Gasteiger partial charge >= 0.3 is 181 Å². The maximum atomic E-state index is 2.48. The van der Waals surface area contributed by atoms with Crippen LogP contribution in [-0.2, 0) is 22.8 Å². The Morgan fingerprint density at radius 1 is 0.800 bits per heavy atom. The number of allylic oxidation sites excluding steroid dienone is 8. The van der Waals surface area contributed by atoms with Crippen molar-refractivity contribution in [1.29, 1.82) is 0 Å². The molecule has 0 aromatic heterocycles. The SMILES string of the molecule is CC1=C(C)C(C)(C2=CC=CC2)[C]([Zr]=[C](c2ccccc2)c2ccccc2)=C1C.Cl.Cl. The first-order valence-electron chi connectivity index (χ1n) is 10.0. The van der Waals surface area contributed by atoms with Crippen LogP contribution in [-0.4, -0.2) is 3.21 Å². The summed E-state index contributed by atoms with van der Waals surface area (Å²) in [6.07, 6.45) is 7.99. The van der Waals surface area contributed by atoms with Gasteiger partial charge in [-0.1, -0.05) is 0 Å². The van der Waals surface area contributed by atoms with Gasteiger partial charge in [0.25, 0.3) is 0 Å². The second kappa shape index (κ2) is 10.4. The molecule has 1 atom stereocenters. The number of hydrogen-bond acceptors (Lipinski definition) is 0. The van der Waals surface area contributed by atoms with Crippen LogP contribution in [0, 0.1) is 5.41 Å². The first kappa shape index (κ1) is 25.0. The Morgan fingerprint density at radius 3 is 1.80 bits per heavy atom. The van der Waals surface area contributed by atoms with Gasteiger partial charge in [-0.2, -0.15) is 0 Å². The molecule has 0 radical (unpaired) electrons. The van der Waals surface area contributed by atoms with Gasteiger partial charge < -0.3 is 0 Å².